The van der Waals surface area contributed by atoms with Gasteiger partial charge in [0.25, 0.3) is 0 Å². The fraction of sp³-hybridized carbons (Fsp3) is 0.267. The highest BCUT2D eigenvalue weighted by Crippen LogP contribution is 2.15. The molecule has 0 fully saturated rings. The van der Waals surface area contributed by atoms with Crippen molar-refractivity contribution in [3.05, 3.63) is 54.0 Å². The molecule has 0 spiro atoms. The minimum absolute atomic E-state index is 0.638. The third-order valence-corrected chi connectivity index (χ3v) is 3.42. The maximum atomic E-state index is 5.38. The van der Waals surface area contributed by atoms with Crippen LogP contribution in [0, 0.1) is 0 Å². The van der Waals surface area contributed by atoms with Crippen molar-refractivity contribution in [3.8, 4) is 5.75 Å². The maximum Gasteiger partial charge on any atom is 0.169 e. The van der Waals surface area contributed by atoms with Gasteiger partial charge in [-0.1, -0.05) is 12.1 Å². The van der Waals surface area contributed by atoms with E-state index < -0.39 is 0 Å². The molecule has 0 aliphatic carbocycles. The molecule has 1 aromatic carbocycles. The summed E-state index contributed by atoms with van der Waals surface area (Å²) in [4.78, 5) is 2.05. The summed E-state index contributed by atoms with van der Waals surface area (Å²) in [6.07, 6.45) is 1.67. The molecule has 0 aliphatic rings. The molecule has 2 rings (SSSR count). The van der Waals surface area contributed by atoms with Crippen molar-refractivity contribution >= 4 is 17.3 Å². The van der Waals surface area contributed by atoms with E-state index in [1.165, 1.54) is 0 Å². The van der Waals surface area contributed by atoms with E-state index in [2.05, 4.69) is 10.2 Å². The fourth-order valence-electron chi connectivity index (χ4n) is 1.90. The number of methoxy groups -OCH3 is 1. The highest BCUT2D eigenvalue weighted by molar-refractivity contribution is 7.80. The van der Waals surface area contributed by atoms with Gasteiger partial charge in [-0.2, -0.15) is 0 Å². The lowest BCUT2D eigenvalue weighted by molar-refractivity contribution is 0.353. The Bertz CT molecular complexity index is 538. The van der Waals surface area contributed by atoms with Crippen LogP contribution in [0.25, 0.3) is 0 Å². The van der Waals surface area contributed by atoms with Gasteiger partial charge in [0.1, 0.15) is 11.5 Å². The number of rotatable bonds is 5. The Kier molecular flexibility index (Phi) is 5.01. The lowest BCUT2D eigenvalue weighted by Gasteiger charge is -2.24. The second-order valence-corrected chi connectivity index (χ2v) is 4.73. The lowest BCUT2D eigenvalue weighted by atomic mass is 10.2. The molecule has 106 valence electrons. The minimum Gasteiger partial charge on any atom is -0.497 e. The molecule has 1 aromatic heterocycles. The van der Waals surface area contributed by atoms with Crippen LogP contribution in [-0.2, 0) is 13.1 Å². The summed E-state index contributed by atoms with van der Waals surface area (Å²) in [5.74, 6) is 1.73. The first-order valence-corrected chi connectivity index (χ1v) is 6.75. The van der Waals surface area contributed by atoms with Crippen LogP contribution in [0.4, 0.5) is 0 Å². The third kappa shape index (κ3) is 3.74. The summed E-state index contributed by atoms with van der Waals surface area (Å²) in [6, 6.07) is 11.8. The average Bonchev–Trinajstić information content (AvgIpc) is 2.99. The van der Waals surface area contributed by atoms with Crippen LogP contribution in [0.15, 0.2) is 47.1 Å². The number of hydrogen-bond donors (Lipinski definition) is 1. The highest BCUT2D eigenvalue weighted by Gasteiger charge is 2.11. The van der Waals surface area contributed by atoms with E-state index >= 15 is 0 Å². The van der Waals surface area contributed by atoms with E-state index in [0.29, 0.717) is 18.2 Å². The van der Waals surface area contributed by atoms with E-state index in [1.54, 1.807) is 13.4 Å². The molecular weight excluding hydrogens is 272 g/mol. The molecule has 1 N–H and O–H groups in total. The van der Waals surface area contributed by atoms with Crippen molar-refractivity contribution in [3.63, 3.8) is 0 Å². The van der Waals surface area contributed by atoms with Gasteiger partial charge in [0.2, 0.25) is 0 Å². The number of nitrogens with zero attached hydrogens (tertiary/aromatic N) is 1. The third-order valence-electron chi connectivity index (χ3n) is 2.96. The monoisotopic (exact) mass is 290 g/mol. The van der Waals surface area contributed by atoms with Crippen molar-refractivity contribution in [2.24, 2.45) is 0 Å². The van der Waals surface area contributed by atoms with Crippen LogP contribution < -0.4 is 10.1 Å². The lowest BCUT2D eigenvalue weighted by Crippen LogP contribution is -2.36. The predicted octanol–water partition coefficient (Wildman–Crippen LogP) is 2.79. The van der Waals surface area contributed by atoms with E-state index in [-0.39, 0.29) is 0 Å². The van der Waals surface area contributed by atoms with Gasteiger partial charge in [-0.15, -0.1) is 0 Å². The van der Waals surface area contributed by atoms with Gasteiger partial charge in [0.15, 0.2) is 5.11 Å². The molecule has 20 heavy (non-hydrogen) atoms. The minimum atomic E-state index is 0.638. The standard InChI is InChI=1S/C15H18N2O2S/c1-16-15(20)17(11-14-4-3-9-19-14)10-12-5-7-13(18-2)8-6-12/h3-9H,10-11H2,1-2H3,(H,16,20). The van der Waals surface area contributed by atoms with Gasteiger partial charge >= 0.3 is 0 Å². The number of hydrogen-bond acceptors (Lipinski definition) is 3. The first-order chi connectivity index (χ1) is 9.72. The van der Waals surface area contributed by atoms with Crippen molar-refractivity contribution in [2.75, 3.05) is 14.2 Å². The average molecular weight is 290 g/mol. The summed E-state index contributed by atoms with van der Waals surface area (Å²) in [5.41, 5.74) is 1.16. The zero-order chi connectivity index (χ0) is 14.4. The number of ether oxygens (including phenoxy) is 1. The van der Waals surface area contributed by atoms with Gasteiger partial charge < -0.3 is 19.4 Å². The molecule has 1 heterocycles. The second kappa shape index (κ2) is 6.96. The van der Waals surface area contributed by atoms with Crippen LogP contribution in [0.1, 0.15) is 11.3 Å². The molecule has 0 saturated carbocycles. The Balaban J connectivity index is 2.08. The number of thiocarbonyl (C=S) groups is 1. The van der Waals surface area contributed by atoms with Gasteiger partial charge in [-0.05, 0) is 42.0 Å². The van der Waals surface area contributed by atoms with Gasteiger partial charge in [0.05, 0.1) is 19.9 Å². The first kappa shape index (κ1) is 14.4. The summed E-state index contributed by atoms with van der Waals surface area (Å²) < 4.78 is 10.5. The van der Waals surface area contributed by atoms with E-state index in [4.69, 9.17) is 21.4 Å². The Morgan fingerprint density at radius 3 is 2.55 bits per heavy atom. The van der Waals surface area contributed by atoms with Crippen molar-refractivity contribution < 1.29 is 9.15 Å². The normalized spacial score (nSPS) is 10.1. The molecule has 0 amide bonds. The Hall–Kier alpha value is -2.01. The summed E-state index contributed by atoms with van der Waals surface area (Å²) in [6.45, 7) is 1.35. The Labute approximate surface area is 124 Å². The van der Waals surface area contributed by atoms with Gasteiger partial charge in [-0.3, -0.25) is 0 Å². The topological polar surface area (TPSA) is 37.6 Å². The number of furan rings is 1. The van der Waals surface area contributed by atoms with Crippen LogP contribution in [0.5, 0.6) is 5.75 Å². The Morgan fingerprint density at radius 2 is 2.00 bits per heavy atom. The quantitative estimate of drug-likeness (QED) is 0.857. The van der Waals surface area contributed by atoms with Crippen molar-refractivity contribution in [1.82, 2.24) is 10.2 Å². The van der Waals surface area contributed by atoms with Crippen LogP contribution in [-0.4, -0.2) is 24.2 Å². The molecular formula is C15H18N2O2S. The molecule has 0 saturated heterocycles. The molecule has 0 unspecified atom stereocenters. The second-order valence-electron chi connectivity index (χ2n) is 4.34. The zero-order valence-corrected chi connectivity index (χ0v) is 12.4. The smallest absolute Gasteiger partial charge is 0.169 e. The van der Waals surface area contributed by atoms with Crippen LogP contribution in [0.3, 0.4) is 0 Å². The zero-order valence-electron chi connectivity index (χ0n) is 11.6. The number of nitrogens with one attached hydrogen (secondary N) is 1. The SMILES string of the molecule is CNC(=S)N(Cc1ccc(OC)cc1)Cc1ccco1. The fourth-order valence-corrected chi connectivity index (χ4v) is 2.03. The van der Waals surface area contributed by atoms with Crippen molar-refractivity contribution in [2.45, 2.75) is 13.1 Å². The summed E-state index contributed by atoms with van der Waals surface area (Å²) in [7, 11) is 3.49. The molecule has 2 aromatic rings. The first-order valence-electron chi connectivity index (χ1n) is 6.35. The molecule has 4 nitrogen and oxygen atoms in total. The van der Waals surface area contributed by atoms with Crippen LogP contribution >= 0.6 is 12.2 Å². The molecule has 0 aliphatic heterocycles. The van der Waals surface area contributed by atoms with Crippen LogP contribution in [0.2, 0.25) is 0 Å². The predicted molar refractivity (Wildman–Crippen MR) is 82.6 cm³/mol. The number of benzene rings is 1. The molecule has 0 bridgehead atoms. The Morgan fingerprint density at radius 1 is 1.25 bits per heavy atom. The maximum absolute atomic E-state index is 5.38. The van der Waals surface area contributed by atoms with E-state index in [1.807, 2.05) is 43.4 Å². The molecule has 0 atom stereocenters. The van der Waals surface area contributed by atoms with Crippen molar-refractivity contribution in [1.29, 1.82) is 0 Å². The van der Waals surface area contributed by atoms with E-state index in [0.717, 1.165) is 17.1 Å². The largest absolute Gasteiger partial charge is 0.497 e. The molecule has 0 radical (unpaired) electrons. The van der Waals surface area contributed by atoms with E-state index in [9.17, 15) is 0 Å². The summed E-state index contributed by atoms with van der Waals surface area (Å²) in [5, 5.41) is 3.70. The van der Waals surface area contributed by atoms with Gasteiger partial charge in [-0.25, -0.2) is 0 Å². The summed E-state index contributed by atoms with van der Waals surface area (Å²) >= 11 is 5.35. The van der Waals surface area contributed by atoms with Gasteiger partial charge in [0, 0.05) is 13.6 Å². The molecule has 5 heteroatoms. The highest BCUT2D eigenvalue weighted by atomic mass is 32.1.